The van der Waals surface area contributed by atoms with Crippen LogP contribution in [0.4, 0.5) is 0 Å². The second-order valence-electron chi connectivity index (χ2n) is 5.46. The maximum absolute atomic E-state index is 5.88. The van der Waals surface area contributed by atoms with Crippen LogP contribution in [0.5, 0.6) is 0 Å². The quantitative estimate of drug-likeness (QED) is 0.799. The number of hydrogen-bond donors (Lipinski definition) is 1. The first-order valence-corrected chi connectivity index (χ1v) is 7.42. The molecule has 1 saturated heterocycles. The Bertz CT molecular complexity index is 724. The summed E-state index contributed by atoms with van der Waals surface area (Å²) in [5, 5.41) is 0. The Hall–Kier alpha value is -2.31. The van der Waals surface area contributed by atoms with Gasteiger partial charge in [-0.1, -0.05) is 30.3 Å². The predicted molar refractivity (Wildman–Crippen MR) is 82.1 cm³/mol. The van der Waals surface area contributed by atoms with E-state index < -0.39 is 0 Å². The van der Waals surface area contributed by atoms with Gasteiger partial charge in [0.25, 0.3) is 0 Å². The molecule has 3 aromatic rings. The third kappa shape index (κ3) is 2.70. The summed E-state index contributed by atoms with van der Waals surface area (Å²) in [6.45, 7) is 3.40. The monoisotopic (exact) mass is 295 g/mol. The summed E-state index contributed by atoms with van der Waals surface area (Å²) in [4.78, 5) is 18.4. The first-order chi connectivity index (χ1) is 10.9. The topological polar surface area (TPSA) is 66.9 Å². The number of ether oxygens (including phenoxy) is 1. The Balaban J connectivity index is 1.50. The van der Waals surface area contributed by atoms with Gasteiger partial charge in [0.05, 0.1) is 12.8 Å². The van der Waals surface area contributed by atoms with Gasteiger partial charge in [0.1, 0.15) is 23.8 Å². The summed E-state index contributed by atoms with van der Waals surface area (Å²) in [7, 11) is 0. The SMILES string of the molecule is c1ccc(CN2CCO[C@H](c3nc4cncnc4[nH]3)C2)cc1. The maximum atomic E-state index is 5.88. The highest BCUT2D eigenvalue weighted by Gasteiger charge is 2.24. The van der Waals surface area contributed by atoms with Gasteiger partial charge in [-0.25, -0.2) is 15.0 Å². The van der Waals surface area contributed by atoms with Crippen molar-refractivity contribution in [1.29, 1.82) is 0 Å². The minimum Gasteiger partial charge on any atom is -0.368 e. The lowest BCUT2D eigenvalue weighted by Gasteiger charge is -2.31. The number of imidazole rings is 1. The van der Waals surface area contributed by atoms with Gasteiger partial charge in [-0.2, -0.15) is 0 Å². The first-order valence-electron chi connectivity index (χ1n) is 7.42. The van der Waals surface area contributed by atoms with E-state index in [0.29, 0.717) is 6.61 Å². The minimum absolute atomic E-state index is 0.0494. The van der Waals surface area contributed by atoms with Gasteiger partial charge < -0.3 is 9.72 Å². The number of morpholine rings is 1. The summed E-state index contributed by atoms with van der Waals surface area (Å²) in [5.41, 5.74) is 2.86. The smallest absolute Gasteiger partial charge is 0.160 e. The zero-order valence-corrected chi connectivity index (χ0v) is 12.1. The van der Waals surface area contributed by atoms with E-state index in [1.165, 1.54) is 11.9 Å². The van der Waals surface area contributed by atoms with Gasteiger partial charge in [0.2, 0.25) is 0 Å². The molecule has 4 rings (SSSR count). The highest BCUT2D eigenvalue weighted by molar-refractivity contribution is 5.68. The van der Waals surface area contributed by atoms with Crippen molar-refractivity contribution in [2.75, 3.05) is 19.7 Å². The number of nitrogens with zero attached hydrogens (tertiary/aromatic N) is 4. The minimum atomic E-state index is -0.0494. The van der Waals surface area contributed by atoms with Crippen LogP contribution in [0, 0.1) is 0 Å². The Labute approximate surface area is 128 Å². The van der Waals surface area contributed by atoms with Crippen LogP contribution in [-0.2, 0) is 11.3 Å². The highest BCUT2D eigenvalue weighted by Crippen LogP contribution is 2.22. The summed E-state index contributed by atoms with van der Waals surface area (Å²) in [6, 6.07) is 10.5. The van der Waals surface area contributed by atoms with Crippen LogP contribution in [-0.4, -0.2) is 44.5 Å². The average Bonchev–Trinajstić information content (AvgIpc) is 3.00. The predicted octanol–water partition coefficient (Wildman–Crippen LogP) is 1.93. The van der Waals surface area contributed by atoms with E-state index in [0.717, 1.165) is 36.6 Å². The molecule has 0 aliphatic carbocycles. The summed E-state index contributed by atoms with van der Waals surface area (Å²) in [5.74, 6) is 0.827. The van der Waals surface area contributed by atoms with E-state index in [1.54, 1.807) is 6.20 Å². The zero-order valence-electron chi connectivity index (χ0n) is 12.1. The van der Waals surface area contributed by atoms with E-state index in [-0.39, 0.29) is 6.10 Å². The Morgan fingerprint density at radius 1 is 1.27 bits per heavy atom. The number of aromatic nitrogens is 4. The van der Waals surface area contributed by atoms with Crippen molar-refractivity contribution in [3.8, 4) is 0 Å². The Kier molecular flexibility index (Phi) is 3.54. The Morgan fingerprint density at radius 3 is 3.05 bits per heavy atom. The van der Waals surface area contributed by atoms with Gasteiger partial charge in [0.15, 0.2) is 5.65 Å². The molecule has 6 nitrogen and oxygen atoms in total. The molecule has 1 fully saturated rings. The van der Waals surface area contributed by atoms with Crippen molar-refractivity contribution in [1.82, 2.24) is 24.8 Å². The summed E-state index contributed by atoms with van der Waals surface area (Å²) >= 11 is 0. The van der Waals surface area contributed by atoms with Crippen LogP contribution in [0.2, 0.25) is 0 Å². The molecule has 1 N–H and O–H groups in total. The van der Waals surface area contributed by atoms with E-state index in [9.17, 15) is 0 Å². The lowest BCUT2D eigenvalue weighted by atomic mass is 10.2. The molecule has 0 radical (unpaired) electrons. The fourth-order valence-corrected chi connectivity index (χ4v) is 2.79. The van der Waals surface area contributed by atoms with Gasteiger partial charge in [-0.3, -0.25) is 4.90 Å². The number of nitrogens with one attached hydrogen (secondary N) is 1. The molecule has 0 unspecified atom stereocenters. The summed E-state index contributed by atoms with van der Waals surface area (Å²) in [6.07, 6.45) is 3.19. The molecule has 22 heavy (non-hydrogen) atoms. The first kappa shape index (κ1) is 13.4. The number of benzene rings is 1. The third-order valence-corrected chi connectivity index (χ3v) is 3.88. The van der Waals surface area contributed by atoms with Crippen molar-refractivity contribution in [3.63, 3.8) is 0 Å². The van der Waals surface area contributed by atoms with Crippen LogP contribution < -0.4 is 0 Å². The molecular weight excluding hydrogens is 278 g/mol. The number of hydrogen-bond acceptors (Lipinski definition) is 5. The zero-order chi connectivity index (χ0) is 14.8. The van der Waals surface area contributed by atoms with Crippen molar-refractivity contribution in [2.45, 2.75) is 12.6 Å². The van der Waals surface area contributed by atoms with E-state index >= 15 is 0 Å². The molecule has 1 aliphatic rings. The molecule has 3 heterocycles. The van der Waals surface area contributed by atoms with Crippen LogP contribution >= 0.6 is 0 Å². The standard InChI is InChI=1S/C16H17N5O/c1-2-4-12(5-3-1)9-21-6-7-22-14(10-21)16-19-13-8-17-11-18-15(13)20-16/h1-5,8,11,14H,6-7,9-10H2,(H,17,18,19,20)/t14-/m0/s1. The second kappa shape index (κ2) is 5.82. The van der Waals surface area contributed by atoms with Crippen molar-refractivity contribution in [2.24, 2.45) is 0 Å². The number of fused-ring (bicyclic) bond motifs is 1. The van der Waals surface area contributed by atoms with Crippen LogP contribution in [0.1, 0.15) is 17.5 Å². The molecule has 0 spiro atoms. The van der Waals surface area contributed by atoms with Gasteiger partial charge in [-0.05, 0) is 5.56 Å². The molecule has 1 aromatic carbocycles. The number of rotatable bonds is 3. The van der Waals surface area contributed by atoms with Crippen LogP contribution in [0.15, 0.2) is 42.9 Å². The molecule has 0 bridgehead atoms. The maximum Gasteiger partial charge on any atom is 0.160 e. The van der Waals surface area contributed by atoms with Crippen molar-refractivity contribution >= 4 is 11.2 Å². The van der Waals surface area contributed by atoms with Crippen molar-refractivity contribution < 1.29 is 4.74 Å². The van der Waals surface area contributed by atoms with E-state index in [4.69, 9.17) is 4.74 Å². The molecule has 0 saturated carbocycles. The van der Waals surface area contributed by atoms with Gasteiger partial charge >= 0.3 is 0 Å². The number of aromatic amines is 1. The molecule has 2 aromatic heterocycles. The Morgan fingerprint density at radius 2 is 2.18 bits per heavy atom. The second-order valence-corrected chi connectivity index (χ2v) is 5.46. The molecule has 1 atom stereocenters. The van der Waals surface area contributed by atoms with E-state index in [2.05, 4.69) is 49.1 Å². The largest absolute Gasteiger partial charge is 0.368 e. The fourth-order valence-electron chi connectivity index (χ4n) is 2.79. The van der Waals surface area contributed by atoms with Crippen LogP contribution in [0.3, 0.4) is 0 Å². The summed E-state index contributed by atoms with van der Waals surface area (Å²) < 4.78 is 5.88. The normalized spacial score (nSPS) is 19.5. The molecular formula is C16H17N5O. The molecule has 6 heteroatoms. The third-order valence-electron chi connectivity index (χ3n) is 3.88. The molecule has 0 amide bonds. The van der Waals surface area contributed by atoms with Gasteiger partial charge in [0, 0.05) is 19.6 Å². The average molecular weight is 295 g/mol. The fraction of sp³-hybridized carbons (Fsp3) is 0.312. The van der Waals surface area contributed by atoms with Crippen LogP contribution in [0.25, 0.3) is 11.2 Å². The lowest BCUT2D eigenvalue weighted by molar-refractivity contribution is -0.0367. The van der Waals surface area contributed by atoms with E-state index in [1.807, 2.05) is 6.07 Å². The highest BCUT2D eigenvalue weighted by atomic mass is 16.5. The van der Waals surface area contributed by atoms with Gasteiger partial charge in [-0.15, -0.1) is 0 Å². The lowest BCUT2D eigenvalue weighted by Crippen LogP contribution is -2.38. The number of H-pyrrole nitrogens is 1. The molecule has 1 aliphatic heterocycles. The van der Waals surface area contributed by atoms with Crippen molar-refractivity contribution in [3.05, 3.63) is 54.2 Å². The molecule has 112 valence electrons.